The zero-order valence-electron chi connectivity index (χ0n) is 37.2. The lowest BCUT2D eigenvalue weighted by Gasteiger charge is -2.30. The van der Waals surface area contributed by atoms with E-state index < -0.39 is 0 Å². The maximum absolute atomic E-state index is 15.4. The Bertz CT molecular complexity index is 3130. The fraction of sp³-hybridized carbons (Fsp3) is 0.269. The molecule has 0 aliphatic carbocycles. The summed E-state index contributed by atoms with van der Waals surface area (Å²) in [6.45, 7) is 17.2. The fourth-order valence-electron chi connectivity index (χ4n) is 9.70. The van der Waals surface area contributed by atoms with Crippen molar-refractivity contribution in [3.05, 3.63) is 148 Å². The largest absolute Gasteiger partial charge is 0.378 e. The lowest BCUT2D eigenvalue weighted by molar-refractivity contribution is 0.122. The van der Waals surface area contributed by atoms with E-state index in [-0.39, 0.29) is 22.5 Å². The molecule has 1 fully saturated rings. The van der Waals surface area contributed by atoms with E-state index in [2.05, 4.69) is 85.4 Å². The van der Waals surface area contributed by atoms with Crippen molar-refractivity contribution in [3.8, 4) is 22.8 Å². The summed E-state index contributed by atoms with van der Waals surface area (Å²) < 4.78 is 37.0. The lowest BCUT2D eigenvalue weighted by atomic mass is 9.91. The van der Waals surface area contributed by atoms with Gasteiger partial charge in [-0.15, -0.1) is 0 Å². The van der Waals surface area contributed by atoms with Crippen molar-refractivity contribution in [2.45, 2.75) is 52.4 Å². The van der Waals surface area contributed by atoms with Crippen molar-refractivity contribution in [3.63, 3.8) is 0 Å². The monoisotopic (exact) mass is 931 g/mol. The number of aromatic nitrogens is 6. The summed E-state index contributed by atoms with van der Waals surface area (Å²) in [4.78, 5) is 35.0. The Morgan fingerprint density at radius 2 is 1.09 bits per heavy atom. The van der Waals surface area contributed by atoms with Crippen LogP contribution in [0.3, 0.4) is 0 Å². The molecule has 3 aliphatic heterocycles. The van der Waals surface area contributed by atoms with Crippen molar-refractivity contribution in [1.82, 2.24) is 29.9 Å². The topological polar surface area (TPSA) is 96.3 Å². The summed E-state index contributed by atoms with van der Waals surface area (Å²) in [6, 6.07) is 26.0. The van der Waals surface area contributed by atoms with Gasteiger partial charge in [0.1, 0.15) is 11.6 Å². The number of benzene rings is 2. The Labute approximate surface area is 385 Å². The number of pyridine rings is 6. The van der Waals surface area contributed by atoms with Crippen molar-refractivity contribution in [2.24, 2.45) is 0 Å². The molecule has 6 aromatic heterocycles. The number of nitrogens with zero attached hydrogens (tertiary/aromatic N) is 9. The first-order valence-electron chi connectivity index (χ1n) is 21.9. The number of rotatable bonds is 5. The van der Waals surface area contributed by atoms with Crippen LogP contribution in [0.1, 0.15) is 50.2 Å². The van der Waals surface area contributed by atoms with E-state index in [9.17, 15) is 0 Å². The van der Waals surface area contributed by atoms with E-state index >= 15 is 8.78 Å². The molecule has 9 heterocycles. The Morgan fingerprint density at radius 1 is 0.600 bits per heavy atom. The van der Waals surface area contributed by atoms with Crippen molar-refractivity contribution < 1.29 is 13.5 Å². The highest BCUT2D eigenvalue weighted by molar-refractivity contribution is 9.10. The van der Waals surface area contributed by atoms with Crippen LogP contribution in [0.4, 0.5) is 37.2 Å². The van der Waals surface area contributed by atoms with Gasteiger partial charge in [-0.3, -0.25) is 19.9 Å². The minimum atomic E-state index is -0.278. The zero-order chi connectivity index (χ0) is 45.2. The lowest BCUT2D eigenvalue weighted by Crippen LogP contribution is -2.36. The summed E-state index contributed by atoms with van der Waals surface area (Å²) >= 11 is 3.55. The molecule has 13 heteroatoms. The maximum Gasteiger partial charge on any atom is 0.134 e. The van der Waals surface area contributed by atoms with Crippen LogP contribution in [0.15, 0.2) is 114 Å². The molecule has 65 heavy (non-hydrogen) atoms. The first kappa shape index (κ1) is 42.5. The number of hydrogen-bond acceptors (Lipinski definition) is 10. The number of halogens is 3. The van der Waals surface area contributed by atoms with Gasteiger partial charge >= 0.3 is 0 Å². The second kappa shape index (κ2) is 16.5. The van der Waals surface area contributed by atoms with Gasteiger partial charge in [0.05, 0.1) is 104 Å². The van der Waals surface area contributed by atoms with Crippen molar-refractivity contribution in [1.29, 1.82) is 0 Å². The first-order chi connectivity index (χ1) is 31.3. The van der Waals surface area contributed by atoms with Gasteiger partial charge in [0, 0.05) is 71.2 Å². The van der Waals surface area contributed by atoms with Crippen LogP contribution in [0, 0.1) is 25.5 Å². The fourth-order valence-corrected chi connectivity index (χ4v) is 10.0. The molecule has 2 aromatic carbocycles. The number of fused-ring (bicyclic) bond motifs is 4. The standard InChI is InChI=1S/C28H28FN5O.C24H20BrFN4/c1-18-25(22-8-4-5-10-30-22)32-21-9-6-7-20(29)24(21)26(18)34-17-28(2,3)27-23(34)15-19(16-31-27)33-11-13-35-14-12-33;1-14-21(18-8-4-5-10-27-18)29-17-9-6-7-16(26)20(17)22(14)30-13-24(2,3)23-19(30)11-15(25)12-28-23/h4-10,15-16H,11-14,17H2,1-3H3;4-12H,13H2,1-3H3. The van der Waals surface area contributed by atoms with E-state index in [1.165, 1.54) is 12.1 Å². The quantitative estimate of drug-likeness (QED) is 0.166. The molecule has 0 bridgehead atoms. The van der Waals surface area contributed by atoms with E-state index in [4.69, 9.17) is 19.7 Å². The maximum atomic E-state index is 15.4. The van der Waals surface area contributed by atoms with Gasteiger partial charge in [0.2, 0.25) is 0 Å². The summed E-state index contributed by atoms with van der Waals surface area (Å²) in [6.07, 6.45) is 7.30. The minimum absolute atomic E-state index is 0.172. The molecule has 0 unspecified atom stereocenters. The number of hydrogen-bond donors (Lipinski definition) is 0. The molecule has 0 atom stereocenters. The molecule has 0 spiro atoms. The van der Waals surface area contributed by atoms with E-state index in [0.717, 1.165) is 91.3 Å². The third-order valence-corrected chi connectivity index (χ3v) is 13.2. The van der Waals surface area contributed by atoms with Crippen molar-refractivity contribution >= 4 is 66.2 Å². The van der Waals surface area contributed by atoms with Gasteiger partial charge in [-0.05, 0) is 90.4 Å². The van der Waals surface area contributed by atoms with E-state index in [0.29, 0.717) is 48.1 Å². The number of ether oxygens (including phenoxy) is 1. The molecule has 1 saturated heterocycles. The van der Waals surface area contributed by atoms with Gasteiger partial charge in [-0.25, -0.2) is 18.7 Å². The Hall–Kier alpha value is -6.44. The average molecular weight is 933 g/mol. The van der Waals surface area contributed by atoms with Gasteiger partial charge in [0.15, 0.2) is 0 Å². The molecule has 10 nitrogen and oxygen atoms in total. The second-order valence-corrected chi connectivity index (χ2v) is 19.1. The molecule has 0 radical (unpaired) electrons. The third-order valence-electron chi connectivity index (χ3n) is 12.7. The summed E-state index contributed by atoms with van der Waals surface area (Å²) in [7, 11) is 0. The average Bonchev–Trinajstić information content (AvgIpc) is 3.73. The molecule has 8 aromatic rings. The second-order valence-electron chi connectivity index (χ2n) is 18.2. The first-order valence-corrected chi connectivity index (χ1v) is 22.6. The molecule has 0 N–H and O–H groups in total. The van der Waals surface area contributed by atoms with Gasteiger partial charge in [0.25, 0.3) is 0 Å². The van der Waals surface area contributed by atoms with E-state index in [1.54, 1.807) is 24.5 Å². The highest BCUT2D eigenvalue weighted by Gasteiger charge is 2.41. The van der Waals surface area contributed by atoms with Gasteiger partial charge in [-0.2, -0.15) is 0 Å². The Kier molecular flexibility index (Phi) is 10.8. The smallest absolute Gasteiger partial charge is 0.134 e. The minimum Gasteiger partial charge on any atom is -0.378 e. The predicted octanol–water partition coefficient (Wildman–Crippen LogP) is 11.7. The van der Waals surface area contributed by atoms with Crippen LogP contribution in [-0.4, -0.2) is 69.3 Å². The van der Waals surface area contributed by atoms with Crippen LogP contribution in [0.2, 0.25) is 0 Å². The zero-order valence-corrected chi connectivity index (χ0v) is 38.8. The van der Waals surface area contributed by atoms with Gasteiger partial charge in [-0.1, -0.05) is 52.0 Å². The molecular weight excluding hydrogens is 885 g/mol. The van der Waals surface area contributed by atoms with Crippen LogP contribution >= 0.6 is 15.9 Å². The summed E-state index contributed by atoms with van der Waals surface area (Å²) in [5, 5.41) is 1.06. The van der Waals surface area contributed by atoms with Crippen LogP contribution in [-0.2, 0) is 15.6 Å². The van der Waals surface area contributed by atoms with Crippen LogP contribution < -0.4 is 14.7 Å². The third kappa shape index (κ3) is 7.54. The molecular formula is C52H48BrF2N9O. The molecule has 11 rings (SSSR count). The highest BCUT2D eigenvalue weighted by Crippen LogP contribution is 2.50. The summed E-state index contributed by atoms with van der Waals surface area (Å²) in [5.41, 5.74) is 12.5. The van der Waals surface area contributed by atoms with Gasteiger partial charge < -0.3 is 19.4 Å². The van der Waals surface area contributed by atoms with Crippen molar-refractivity contribution in [2.75, 3.05) is 54.1 Å². The van der Waals surface area contributed by atoms with Crippen LogP contribution in [0.5, 0.6) is 0 Å². The van der Waals surface area contributed by atoms with Crippen LogP contribution in [0.25, 0.3) is 44.6 Å². The summed E-state index contributed by atoms with van der Waals surface area (Å²) in [5.74, 6) is -0.552. The Balaban J connectivity index is 0.000000155. The number of anilines is 5. The molecule has 328 valence electrons. The highest BCUT2D eigenvalue weighted by atomic mass is 79.9. The SMILES string of the molecule is Cc1c(-c2ccccn2)nc2cccc(F)c2c1N1CC(C)(C)c2ncc(Br)cc21.Cc1c(-c2ccccn2)nc2cccc(F)c2c1N1CC(C)(C)c2ncc(N3CCOCC3)cc21. The Morgan fingerprint density at radius 3 is 1.58 bits per heavy atom. The normalized spacial score (nSPS) is 16.1. The number of morpholine rings is 1. The molecule has 0 amide bonds. The molecule has 3 aliphatic rings. The molecule has 0 saturated carbocycles. The predicted molar refractivity (Wildman–Crippen MR) is 259 cm³/mol. The van der Waals surface area contributed by atoms with E-state index in [1.807, 2.05) is 74.8 Å².